The van der Waals surface area contributed by atoms with Crippen LogP contribution in [0.5, 0.6) is 0 Å². The summed E-state index contributed by atoms with van der Waals surface area (Å²) in [5, 5.41) is 8.86. The van der Waals surface area contributed by atoms with Crippen LogP contribution in [0.4, 0.5) is 4.79 Å². The predicted octanol–water partition coefficient (Wildman–Crippen LogP) is 1.83. The lowest BCUT2D eigenvalue weighted by molar-refractivity contribution is -0.144. The zero-order valence-corrected chi connectivity index (χ0v) is 11.1. The van der Waals surface area contributed by atoms with Crippen molar-refractivity contribution in [2.45, 2.75) is 51.9 Å². The van der Waals surface area contributed by atoms with Crippen molar-refractivity contribution in [1.29, 1.82) is 0 Å². The predicted molar refractivity (Wildman–Crippen MR) is 64.2 cm³/mol. The molecule has 0 aromatic rings. The second kappa shape index (κ2) is 6.04. The summed E-state index contributed by atoms with van der Waals surface area (Å²) >= 11 is 0. The summed E-state index contributed by atoms with van der Waals surface area (Å²) in [5.74, 6) is -1.07. The molecule has 1 aliphatic rings. The van der Waals surface area contributed by atoms with Crippen LogP contribution in [-0.2, 0) is 14.3 Å². The van der Waals surface area contributed by atoms with Gasteiger partial charge in [-0.25, -0.2) is 4.79 Å². The van der Waals surface area contributed by atoms with Gasteiger partial charge in [-0.2, -0.15) is 0 Å². The van der Waals surface area contributed by atoms with E-state index < -0.39 is 30.4 Å². The molecular formula is C12H21NO5. The number of carboxylic acid groups (broad SMARTS) is 1. The molecule has 0 radical (unpaired) electrons. The van der Waals surface area contributed by atoms with Gasteiger partial charge in [-0.1, -0.05) is 0 Å². The molecule has 0 bridgehead atoms. The van der Waals surface area contributed by atoms with Crippen molar-refractivity contribution in [2.24, 2.45) is 0 Å². The standard InChI is InChI=1S/C12H21NO5/c1-12(2,3)18-11(16)13(8-10(14)15)9-6-4-5-7-17-9/h9H,4-8H2,1-3H3,(H,14,15). The number of ether oxygens (including phenoxy) is 2. The van der Waals surface area contributed by atoms with Gasteiger partial charge >= 0.3 is 12.1 Å². The maximum absolute atomic E-state index is 12.0. The van der Waals surface area contributed by atoms with E-state index in [0.717, 1.165) is 17.7 Å². The van der Waals surface area contributed by atoms with E-state index in [-0.39, 0.29) is 0 Å². The van der Waals surface area contributed by atoms with Gasteiger partial charge in [0.1, 0.15) is 18.4 Å². The lowest BCUT2D eigenvalue weighted by atomic mass is 10.1. The maximum atomic E-state index is 12.0. The van der Waals surface area contributed by atoms with Crippen molar-refractivity contribution in [3.63, 3.8) is 0 Å². The first-order valence-electron chi connectivity index (χ1n) is 6.12. The monoisotopic (exact) mass is 259 g/mol. The first-order chi connectivity index (χ1) is 8.29. The smallest absolute Gasteiger partial charge is 0.412 e. The molecule has 1 rings (SSSR count). The van der Waals surface area contributed by atoms with Crippen molar-refractivity contribution >= 4 is 12.1 Å². The van der Waals surface area contributed by atoms with E-state index in [1.54, 1.807) is 20.8 Å². The number of rotatable bonds is 3. The Morgan fingerprint density at radius 2 is 2.06 bits per heavy atom. The highest BCUT2D eigenvalue weighted by atomic mass is 16.6. The fourth-order valence-corrected chi connectivity index (χ4v) is 1.72. The Bertz CT molecular complexity index is 304. The van der Waals surface area contributed by atoms with E-state index in [4.69, 9.17) is 14.6 Å². The Kier molecular flexibility index (Phi) is 4.95. The highest BCUT2D eigenvalue weighted by Gasteiger charge is 2.31. The molecule has 0 spiro atoms. The normalized spacial score (nSPS) is 20.3. The van der Waals surface area contributed by atoms with Gasteiger partial charge in [0.05, 0.1) is 0 Å². The van der Waals surface area contributed by atoms with Crippen LogP contribution in [0.3, 0.4) is 0 Å². The molecule has 1 fully saturated rings. The molecule has 104 valence electrons. The molecule has 1 heterocycles. The van der Waals surface area contributed by atoms with Crippen LogP contribution >= 0.6 is 0 Å². The van der Waals surface area contributed by atoms with Gasteiger partial charge in [0.15, 0.2) is 0 Å². The van der Waals surface area contributed by atoms with Crippen LogP contribution in [0, 0.1) is 0 Å². The summed E-state index contributed by atoms with van der Waals surface area (Å²) in [6.45, 7) is 5.37. The van der Waals surface area contributed by atoms with Gasteiger partial charge in [0.25, 0.3) is 0 Å². The minimum absolute atomic E-state index is 0.403. The molecule has 0 aliphatic carbocycles. The van der Waals surface area contributed by atoms with Gasteiger partial charge in [0.2, 0.25) is 0 Å². The minimum Gasteiger partial charge on any atom is -0.480 e. The van der Waals surface area contributed by atoms with Crippen molar-refractivity contribution in [2.75, 3.05) is 13.2 Å². The van der Waals surface area contributed by atoms with E-state index in [0.29, 0.717) is 13.0 Å². The first-order valence-corrected chi connectivity index (χ1v) is 6.12. The minimum atomic E-state index is -1.07. The topological polar surface area (TPSA) is 76.1 Å². The molecule has 0 aromatic carbocycles. The molecule has 1 aliphatic heterocycles. The molecule has 1 N–H and O–H groups in total. The number of carbonyl (C=O) groups is 2. The largest absolute Gasteiger partial charge is 0.480 e. The van der Waals surface area contributed by atoms with Crippen molar-refractivity contribution < 1.29 is 24.2 Å². The van der Waals surface area contributed by atoms with E-state index in [1.807, 2.05) is 0 Å². The average molecular weight is 259 g/mol. The molecule has 1 atom stereocenters. The Morgan fingerprint density at radius 1 is 1.39 bits per heavy atom. The average Bonchev–Trinajstić information content (AvgIpc) is 2.24. The lowest BCUT2D eigenvalue weighted by Crippen LogP contribution is -2.48. The zero-order chi connectivity index (χ0) is 13.8. The van der Waals surface area contributed by atoms with Gasteiger partial charge < -0.3 is 14.6 Å². The van der Waals surface area contributed by atoms with E-state index in [2.05, 4.69) is 0 Å². The Hall–Kier alpha value is -1.30. The van der Waals surface area contributed by atoms with Gasteiger partial charge in [-0.3, -0.25) is 9.69 Å². The molecule has 18 heavy (non-hydrogen) atoms. The van der Waals surface area contributed by atoms with Crippen molar-refractivity contribution in [3.8, 4) is 0 Å². The third-order valence-electron chi connectivity index (χ3n) is 2.44. The summed E-state index contributed by atoms with van der Waals surface area (Å²) in [5.41, 5.74) is -0.650. The number of amides is 1. The van der Waals surface area contributed by atoms with Crippen LogP contribution in [-0.4, -0.2) is 47.0 Å². The quantitative estimate of drug-likeness (QED) is 0.836. The number of hydrogen-bond donors (Lipinski definition) is 1. The fourth-order valence-electron chi connectivity index (χ4n) is 1.72. The molecule has 6 nitrogen and oxygen atoms in total. The van der Waals surface area contributed by atoms with E-state index in [9.17, 15) is 9.59 Å². The van der Waals surface area contributed by atoms with E-state index >= 15 is 0 Å². The van der Waals surface area contributed by atoms with Crippen molar-refractivity contribution in [1.82, 2.24) is 4.90 Å². The SMILES string of the molecule is CC(C)(C)OC(=O)N(CC(=O)O)C1CCCCO1. The summed E-state index contributed by atoms with van der Waals surface area (Å²) in [6.07, 6.45) is 1.36. The van der Waals surface area contributed by atoms with Gasteiger partial charge in [0, 0.05) is 6.61 Å². The van der Waals surface area contributed by atoms with Crippen LogP contribution in [0.2, 0.25) is 0 Å². The number of nitrogens with zero attached hydrogens (tertiary/aromatic N) is 1. The fraction of sp³-hybridized carbons (Fsp3) is 0.833. The summed E-state index contributed by atoms with van der Waals surface area (Å²) in [4.78, 5) is 23.9. The highest BCUT2D eigenvalue weighted by Crippen LogP contribution is 2.19. The number of carbonyl (C=O) groups excluding carboxylic acids is 1. The number of carboxylic acids is 1. The number of aliphatic carboxylic acids is 1. The van der Waals surface area contributed by atoms with E-state index in [1.165, 1.54) is 0 Å². The Morgan fingerprint density at radius 3 is 2.50 bits per heavy atom. The summed E-state index contributed by atoms with van der Waals surface area (Å²) < 4.78 is 10.6. The van der Waals surface area contributed by atoms with Crippen LogP contribution in [0.25, 0.3) is 0 Å². The third-order valence-corrected chi connectivity index (χ3v) is 2.44. The Balaban J connectivity index is 2.70. The summed E-state index contributed by atoms with van der Waals surface area (Å²) in [7, 11) is 0. The van der Waals surface area contributed by atoms with Gasteiger partial charge in [-0.15, -0.1) is 0 Å². The van der Waals surface area contributed by atoms with Gasteiger partial charge in [-0.05, 0) is 40.0 Å². The molecule has 0 aromatic heterocycles. The highest BCUT2D eigenvalue weighted by molar-refractivity contribution is 5.77. The molecule has 1 amide bonds. The van der Waals surface area contributed by atoms with Crippen molar-refractivity contribution in [3.05, 3.63) is 0 Å². The van der Waals surface area contributed by atoms with Crippen LogP contribution in [0.15, 0.2) is 0 Å². The van der Waals surface area contributed by atoms with Crippen LogP contribution < -0.4 is 0 Å². The molecule has 1 unspecified atom stereocenters. The first kappa shape index (κ1) is 14.8. The second-order valence-corrected chi connectivity index (χ2v) is 5.32. The molecule has 6 heteroatoms. The third kappa shape index (κ3) is 4.91. The molecule has 1 saturated heterocycles. The molecular weight excluding hydrogens is 238 g/mol. The summed E-state index contributed by atoms with van der Waals surface area (Å²) in [6, 6.07) is 0. The zero-order valence-electron chi connectivity index (χ0n) is 11.1. The molecule has 0 saturated carbocycles. The Labute approximate surface area is 107 Å². The maximum Gasteiger partial charge on any atom is 0.412 e. The number of hydrogen-bond acceptors (Lipinski definition) is 4. The lowest BCUT2D eigenvalue weighted by Gasteiger charge is -2.34. The van der Waals surface area contributed by atoms with Crippen LogP contribution in [0.1, 0.15) is 40.0 Å². The second-order valence-electron chi connectivity index (χ2n) is 5.32.